The van der Waals surface area contributed by atoms with Crippen molar-refractivity contribution >= 4 is 22.8 Å². The number of ether oxygens (including phenoxy) is 1. The lowest BCUT2D eigenvalue weighted by atomic mass is 9.96. The molecule has 28 heavy (non-hydrogen) atoms. The first-order chi connectivity index (χ1) is 13.4. The van der Waals surface area contributed by atoms with E-state index in [1.54, 1.807) is 0 Å². The molecule has 152 valence electrons. The Kier molecular flexibility index (Phi) is 6.34. The van der Waals surface area contributed by atoms with Crippen LogP contribution in [0.25, 0.3) is 11.0 Å². The number of hydrogen-bond acceptors (Lipinski definition) is 4. The van der Waals surface area contributed by atoms with Crippen molar-refractivity contribution in [3.8, 4) is 0 Å². The molecular formula is C21H30N4O3. The smallest absolute Gasteiger partial charge is 0.242 e. The number of imidazole rings is 1. The number of fused-ring (bicyclic) bond motifs is 1. The highest BCUT2D eigenvalue weighted by molar-refractivity contribution is 5.82. The number of morpholine rings is 1. The largest absolute Gasteiger partial charge is 0.378 e. The van der Waals surface area contributed by atoms with Gasteiger partial charge in [-0.25, -0.2) is 4.98 Å². The Balaban J connectivity index is 1.68. The lowest BCUT2D eigenvalue weighted by Gasteiger charge is -2.27. The van der Waals surface area contributed by atoms with Crippen LogP contribution >= 0.6 is 0 Å². The van der Waals surface area contributed by atoms with Crippen LogP contribution in [-0.4, -0.2) is 59.1 Å². The van der Waals surface area contributed by atoms with Crippen LogP contribution in [0.4, 0.5) is 0 Å². The Morgan fingerprint density at radius 1 is 1.18 bits per heavy atom. The van der Waals surface area contributed by atoms with E-state index in [9.17, 15) is 9.59 Å². The van der Waals surface area contributed by atoms with Crippen LogP contribution in [0, 0.1) is 5.41 Å². The summed E-state index contributed by atoms with van der Waals surface area (Å²) >= 11 is 0. The average molecular weight is 386 g/mol. The van der Waals surface area contributed by atoms with Crippen molar-refractivity contribution in [1.29, 1.82) is 0 Å². The van der Waals surface area contributed by atoms with E-state index in [4.69, 9.17) is 9.72 Å². The van der Waals surface area contributed by atoms with Gasteiger partial charge in [-0.2, -0.15) is 0 Å². The number of carbonyl (C=O) groups excluding carboxylic acids is 2. The third-order valence-electron chi connectivity index (χ3n) is 4.93. The summed E-state index contributed by atoms with van der Waals surface area (Å²) in [5.74, 6) is 1.02. The van der Waals surface area contributed by atoms with Gasteiger partial charge in [-0.05, 0) is 18.6 Å². The minimum absolute atomic E-state index is 0.0449. The Labute approximate surface area is 166 Å². The van der Waals surface area contributed by atoms with Gasteiger partial charge in [-0.3, -0.25) is 9.59 Å². The highest BCUT2D eigenvalue weighted by Crippen LogP contribution is 2.18. The second-order valence-corrected chi connectivity index (χ2v) is 8.21. The molecule has 2 amide bonds. The number of rotatable bonds is 6. The van der Waals surface area contributed by atoms with Crippen molar-refractivity contribution in [3.05, 3.63) is 30.1 Å². The third kappa shape index (κ3) is 4.90. The number of aryl methyl sites for hydroxylation is 1. The van der Waals surface area contributed by atoms with Gasteiger partial charge in [-0.1, -0.05) is 32.9 Å². The Morgan fingerprint density at radius 3 is 2.61 bits per heavy atom. The molecule has 0 radical (unpaired) electrons. The summed E-state index contributed by atoms with van der Waals surface area (Å²) in [6.07, 6.45) is 1.48. The van der Waals surface area contributed by atoms with Gasteiger partial charge in [0.2, 0.25) is 11.8 Å². The van der Waals surface area contributed by atoms with Crippen LogP contribution in [0.5, 0.6) is 0 Å². The summed E-state index contributed by atoms with van der Waals surface area (Å²) < 4.78 is 7.35. The summed E-state index contributed by atoms with van der Waals surface area (Å²) in [6.45, 7) is 9.05. The minimum Gasteiger partial charge on any atom is -0.378 e. The number of nitrogens with one attached hydrogen (secondary N) is 1. The van der Waals surface area contributed by atoms with Crippen molar-refractivity contribution in [2.75, 3.05) is 32.8 Å². The number of nitrogens with zero attached hydrogens (tertiary/aromatic N) is 3. The summed E-state index contributed by atoms with van der Waals surface area (Å²) in [4.78, 5) is 31.4. The molecule has 0 aliphatic carbocycles. The summed E-state index contributed by atoms with van der Waals surface area (Å²) in [5.41, 5.74) is 1.47. The van der Waals surface area contributed by atoms with Crippen LogP contribution in [0.3, 0.4) is 0 Å². The van der Waals surface area contributed by atoms with Crippen LogP contribution in [0.15, 0.2) is 24.3 Å². The molecule has 2 heterocycles. The van der Waals surface area contributed by atoms with E-state index in [-0.39, 0.29) is 18.4 Å². The quantitative estimate of drug-likeness (QED) is 0.771. The molecule has 0 bridgehead atoms. The van der Waals surface area contributed by atoms with E-state index in [2.05, 4.69) is 5.32 Å². The maximum atomic E-state index is 12.8. The zero-order valence-electron chi connectivity index (χ0n) is 17.0. The van der Waals surface area contributed by atoms with E-state index < -0.39 is 5.41 Å². The Morgan fingerprint density at radius 2 is 1.89 bits per heavy atom. The number of aromatic nitrogens is 2. The van der Waals surface area contributed by atoms with Gasteiger partial charge in [0, 0.05) is 31.5 Å². The van der Waals surface area contributed by atoms with Crippen LogP contribution < -0.4 is 5.32 Å². The Bertz CT molecular complexity index is 832. The zero-order chi connectivity index (χ0) is 20.1. The molecular weight excluding hydrogens is 356 g/mol. The fourth-order valence-electron chi connectivity index (χ4n) is 3.25. The van der Waals surface area contributed by atoms with Crippen LogP contribution in [0.2, 0.25) is 0 Å². The lowest BCUT2D eigenvalue weighted by molar-refractivity contribution is -0.135. The molecule has 1 aromatic carbocycles. The van der Waals surface area contributed by atoms with Gasteiger partial charge >= 0.3 is 0 Å². The van der Waals surface area contributed by atoms with Crippen molar-refractivity contribution in [3.63, 3.8) is 0 Å². The van der Waals surface area contributed by atoms with Gasteiger partial charge in [0.05, 0.1) is 24.2 Å². The van der Waals surface area contributed by atoms with Gasteiger partial charge in [0.25, 0.3) is 0 Å². The maximum Gasteiger partial charge on any atom is 0.242 e. The van der Waals surface area contributed by atoms with Crippen molar-refractivity contribution < 1.29 is 14.3 Å². The second-order valence-electron chi connectivity index (χ2n) is 8.21. The number of hydrogen-bond donors (Lipinski definition) is 1. The molecule has 7 nitrogen and oxygen atoms in total. The van der Waals surface area contributed by atoms with E-state index in [1.165, 1.54) is 0 Å². The molecule has 0 spiro atoms. The predicted molar refractivity (Wildman–Crippen MR) is 108 cm³/mol. The van der Waals surface area contributed by atoms with E-state index >= 15 is 0 Å². The highest BCUT2D eigenvalue weighted by atomic mass is 16.5. The van der Waals surface area contributed by atoms with Crippen molar-refractivity contribution in [2.24, 2.45) is 5.41 Å². The first-order valence-corrected chi connectivity index (χ1v) is 9.94. The summed E-state index contributed by atoms with van der Waals surface area (Å²) in [7, 11) is 0. The third-order valence-corrected chi connectivity index (χ3v) is 4.93. The summed E-state index contributed by atoms with van der Waals surface area (Å²) in [5, 5.41) is 2.97. The van der Waals surface area contributed by atoms with Crippen molar-refractivity contribution in [1.82, 2.24) is 19.8 Å². The first kappa shape index (κ1) is 20.3. The van der Waals surface area contributed by atoms with Crippen LogP contribution in [-0.2, 0) is 27.3 Å². The lowest BCUT2D eigenvalue weighted by Crippen LogP contribution is -2.42. The highest BCUT2D eigenvalue weighted by Gasteiger charge is 2.21. The predicted octanol–water partition coefficient (Wildman–Crippen LogP) is 1.99. The molecule has 1 saturated heterocycles. The molecule has 1 N–H and O–H groups in total. The molecule has 0 saturated carbocycles. The van der Waals surface area contributed by atoms with Crippen LogP contribution in [0.1, 0.15) is 33.0 Å². The number of para-hydroxylation sites is 2. The minimum atomic E-state index is -0.391. The normalized spacial score (nSPS) is 15.0. The standard InChI is InChI=1S/C21H30N4O3/c1-21(2,3)20(27)22-10-6-9-18-23-16-7-4-5-8-17(16)25(18)15-19(26)24-11-13-28-14-12-24/h4-5,7-8H,6,9-15H2,1-3H3,(H,22,27). The van der Waals surface area contributed by atoms with Gasteiger partial charge in [0.15, 0.2) is 0 Å². The molecule has 1 aromatic heterocycles. The molecule has 7 heteroatoms. The molecule has 3 rings (SSSR count). The summed E-state index contributed by atoms with van der Waals surface area (Å²) in [6, 6.07) is 7.89. The molecule has 1 aliphatic heterocycles. The van der Waals surface area contributed by atoms with E-state index in [1.807, 2.05) is 54.5 Å². The molecule has 0 atom stereocenters. The van der Waals surface area contributed by atoms with E-state index in [0.29, 0.717) is 39.3 Å². The molecule has 0 unspecified atom stereocenters. The average Bonchev–Trinajstić information content (AvgIpc) is 3.02. The van der Waals surface area contributed by atoms with Gasteiger partial charge in [0.1, 0.15) is 12.4 Å². The molecule has 1 aliphatic rings. The van der Waals surface area contributed by atoms with Gasteiger partial charge < -0.3 is 19.5 Å². The second kappa shape index (κ2) is 8.73. The molecule has 2 aromatic rings. The van der Waals surface area contributed by atoms with Gasteiger partial charge in [-0.15, -0.1) is 0 Å². The molecule has 1 fully saturated rings. The van der Waals surface area contributed by atoms with E-state index in [0.717, 1.165) is 23.3 Å². The number of amides is 2. The number of carbonyl (C=O) groups is 2. The fourth-order valence-corrected chi connectivity index (χ4v) is 3.25. The topological polar surface area (TPSA) is 76.5 Å². The maximum absolute atomic E-state index is 12.8. The Hall–Kier alpha value is -2.41. The van der Waals surface area contributed by atoms with Crippen molar-refractivity contribution in [2.45, 2.75) is 40.2 Å². The fraction of sp³-hybridized carbons (Fsp3) is 0.571. The first-order valence-electron chi connectivity index (χ1n) is 9.94. The number of benzene rings is 1. The zero-order valence-corrected chi connectivity index (χ0v) is 17.0. The SMILES string of the molecule is CC(C)(C)C(=O)NCCCc1nc2ccccc2n1CC(=O)N1CCOCC1. The monoisotopic (exact) mass is 386 g/mol.